The minimum atomic E-state index is 0.972. The van der Waals surface area contributed by atoms with Crippen molar-refractivity contribution in [3.63, 3.8) is 0 Å². The molecule has 1 aliphatic carbocycles. The van der Waals surface area contributed by atoms with Crippen LogP contribution in [-0.4, -0.2) is 0 Å². The molecule has 0 nitrogen and oxygen atoms in total. The first kappa shape index (κ1) is 26.3. The molecule has 0 heteroatoms. The molecule has 1 fully saturated rings. The van der Waals surface area contributed by atoms with Crippen molar-refractivity contribution in [1.82, 2.24) is 0 Å². The zero-order valence-electron chi connectivity index (χ0n) is 20.8. The van der Waals surface area contributed by atoms with Crippen LogP contribution in [0.15, 0.2) is 24.3 Å². The SMILES string of the molecule is CCC1C(C)CC(C)C1C.CCCCCCCCCCCCc1ccc(C)cc1. The van der Waals surface area contributed by atoms with E-state index in [2.05, 4.69) is 65.8 Å². The molecule has 0 aliphatic heterocycles. The highest BCUT2D eigenvalue weighted by atomic mass is 14.4. The molecule has 0 amide bonds. The summed E-state index contributed by atoms with van der Waals surface area (Å²) in [6.07, 6.45) is 18.3. The average Bonchev–Trinajstić information content (AvgIpc) is 2.96. The summed E-state index contributed by atoms with van der Waals surface area (Å²) in [5.41, 5.74) is 2.87. The smallest absolute Gasteiger partial charge is 0.0279 e. The molecule has 4 unspecified atom stereocenters. The summed E-state index contributed by atoms with van der Waals surface area (Å²) in [5.74, 6) is 3.94. The third kappa shape index (κ3) is 11.3. The monoisotopic (exact) mass is 400 g/mol. The minimum Gasteiger partial charge on any atom is -0.0654 e. The fourth-order valence-corrected chi connectivity index (χ4v) is 5.26. The molecule has 0 spiro atoms. The second-order valence-corrected chi connectivity index (χ2v) is 10.0. The van der Waals surface area contributed by atoms with Crippen molar-refractivity contribution in [1.29, 1.82) is 0 Å². The summed E-state index contributed by atoms with van der Waals surface area (Å²) in [6, 6.07) is 9.02. The number of aryl methyl sites for hydroxylation is 2. The van der Waals surface area contributed by atoms with Crippen molar-refractivity contribution in [2.75, 3.05) is 0 Å². The van der Waals surface area contributed by atoms with Gasteiger partial charge >= 0.3 is 0 Å². The lowest BCUT2D eigenvalue weighted by Gasteiger charge is -2.18. The van der Waals surface area contributed by atoms with Gasteiger partial charge in [-0.1, -0.05) is 129 Å². The van der Waals surface area contributed by atoms with E-state index < -0.39 is 0 Å². The van der Waals surface area contributed by atoms with E-state index in [0.717, 1.165) is 23.7 Å². The van der Waals surface area contributed by atoms with E-state index in [1.807, 2.05) is 0 Å². The number of hydrogen-bond donors (Lipinski definition) is 0. The van der Waals surface area contributed by atoms with Gasteiger partial charge in [0.1, 0.15) is 0 Å². The summed E-state index contributed by atoms with van der Waals surface area (Å²) in [5, 5.41) is 0. The summed E-state index contributed by atoms with van der Waals surface area (Å²) in [6.45, 7) is 14.0. The molecule has 0 bridgehead atoms. The molecule has 0 saturated heterocycles. The quantitative estimate of drug-likeness (QED) is 0.306. The van der Waals surface area contributed by atoms with Gasteiger partial charge in [-0.05, 0) is 55.4 Å². The Hall–Kier alpha value is -0.780. The maximum absolute atomic E-state index is 2.42. The molecule has 0 aromatic heterocycles. The Morgan fingerprint density at radius 3 is 1.62 bits per heavy atom. The van der Waals surface area contributed by atoms with Crippen LogP contribution < -0.4 is 0 Å². The number of benzene rings is 1. The van der Waals surface area contributed by atoms with E-state index in [1.165, 1.54) is 94.6 Å². The lowest BCUT2D eigenvalue weighted by molar-refractivity contribution is 0.314. The van der Waals surface area contributed by atoms with Crippen LogP contribution in [0.5, 0.6) is 0 Å². The normalized spacial score (nSPS) is 23.7. The lowest BCUT2D eigenvalue weighted by atomic mass is 9.88. The first-order valence-corrected chi connectivity index (χ1v) is 13.0. The van der Waals surface area contributed by atoms with E-state index in [9.17, 15) is 0 Å². The third-order valence-corrected chi connectivity index (χ3v) is 7.46. The molecule has 4 atom stereocenters. The van der Waals surface area contributed by atoms with Gasteiger partial charge in [-0.3, -0.25) is 0 Å². The van der Waals surface area contributed by atoms with Crippen LogP contribution in [0.25, 0.3) is 0 Å². The molecule has 168 valence electrons. The van der Waals surface area contributed by atoms with Crippen LogP contribution >= 0.6 is 0 Å². The Bertz CT molecular complexity index is 485. The third-order valence-electron chi connectivity index (χ3n) is 7.46. The predicted molar refractivity (Wildman–Crippen MR) is 133 cm³/mol. The zero-order valence-corrected chi connectivity index (χ0v) is 20.8. The second-order valence-electron chi connectivity index (χ2n) is 10.0. The van der Waals surface area contributed by atoms with E-state index in [1.54, 1.807) is 0 Å². The Labute approximate surface area is 184 Å². The molecule has 1 saturated carbocycles. The fourth-order valence-electron chi connectivity index (χ4n) is 5.26. The van der Waals surface area contributed by atoms with Gasteiger partial charge in [0.2, 0.25) is 0 Å². The van der Waals surface area contributed by atoms with Crippen LogP contribution in [0, 0.1) is 30.6 Å². The largest absolute Gasteiger partial charge is 0.0654 e. The maximum Gasteiger partial charge on any atom is -0.0279 e. The van der Waals surface area contributed by atoms with Crippen LogP contribution in [0.3, 0.4) is 0 Å². The molecule has 0 N–H and O–H groups in total. The van der Waals surface area contributed by atoms with Gasteiger partial charge in [0.05, 0.1) is 0 Å². The summed E-state index contributed by atoms with van der Waals surface area (Å²) >= 11 is 0. The summed E-state index contributed by atoms with van der Waals surface area (Å²) < 4.78 is 0. The number of unbranched alkanes of at least 4 members (excludes halogenated alkanes) is 9. The fraction of sp³-hybridized carbons (Fsp3) is 0.793. The highest BCUT2D eigenvalue weighted by Gasteiger charge is 2.33. The Kier molecular flexibility index (Phi) is 14.5. The molecule has 0 heterocycles. The summed E-state index contributed by atoms with van der Waals surface area (Å²) in [4.78, 5) is 0. The van der Waals surface area contributed by atoms with E-state index in [-0.39, 0.29) is 0 Å². The standard InChI is InChI=1S/C19H32.C10H20/c1-3-4-5-6-7-8-9-10-11-12-13-19-16-14-18(2)15-17-19;1-5-10-8(3)6-7(2)9(10)4/h14-17H,3-13H2,1-2H3;7-10H,5-6H2,1-4H3. The Morgan fingerprint density at radius 2 is 1.21 bits per heavy atom. The van der Waals surface area contributed by atoms with Crippen molar-refractivity contribution in [3.8, 4) is 0 Å². The van der Waals surface area contributed by atoms with E-state index in [4.69, 9.17) is 0 Å². The van der Waals surface area contributed by atoms with Gasteiger partial charge in [0.25, 0.3) is 0 Å². The molecule has 0 radical (unpaired) electrons. The molecule has 1 aromatic rings. The Morgan fingerprint density at radius 1 is 0.690 bits per heavy atom. The molecule has 1 aliphatic rings. The molecular weight excluding hydrogens is 348 g/mol. The van der Waals surface area contributed by atoms with Crippen molar-refractivity contribution >= 4 is 0 Å². The molecular formula is C29H52. The summed E-state index contributed by atoms with van der Waals surface area (Å²) in [7, 11) is 0. The van der Waals surface area contributed by atoms with Crippen LogP contribution in [0.4, 0.5) is 0 Å². The average molecular weight is 401 g/mol. The van der Waals surface area contributed by atoms with Crippen molar-refractivity contribution in [2.24, 2.45) is 23.7 Å². The van der Waals surface area contributed by atoms with Gasteiger partial charge in [-0.25, -0.2) is 0 Å². The van der Waals surface area contributed by atoms with Gasteiger partial charge in [0, 0.05) is 0 Å². The number of hydrogen-bond acceptors (Lipinski definition) is 0. The number of rotatable bonds is 12. The van der Waals surface area contributed by atoms with E-state index >= 15 is 0 Å². The Balaban J connectivity index is 0.000000352. The first-order valence-electron chi connectivity index (χ1n) is 13.0. The van der Waals surface area contributed by atoms with Gasteiger partial charge < -0.3 is 0 Å². The lowest BCUT2D eigenvalue weighted by Crippen LogP contribution is -2.10. The molecule has 2 rings (SSSR count). The topological polar surface area (TPSA) is 0 Å². The van der Waals surface area contributed by atoms with Crippen LogP contribution in [0.1, 0.15) is 123 Å². The van der Waals surface area contributed by atoms with Gasteiger partial charge in [0.15, 0.2) is 0 Å². The van der Waals surface area contributed by atoms with Crippen molar-refractivity contribution in [2.45, 2.75) is 125 Å². The zero-order chi connectivity index (χ0) is 21.5. The highest BCUT2D eigenvalue weighted by Crippen LogP contribution is 2.42. The highest BCUT2D eigenvalue weighted by molar-refractivity contribution is 5.21. The van der Waals surface area contributed by atoms with Crippen LogP contribution in [0.2, 0.25) is 0 Å². The van der Waals surface area contributed by atoms with Gasteiger partial charge in [-0.2, -0.15) is 0 Å². The second kappa shape index (κ2) is 16.0. The minimum absolute atomic E-state index is 0.972. The molecule has 1 aromatic carbocycles. The van der Waals surface area contributed by atoms with Crippen molar-refractivity contribution < 1.29 is 0 Å². The van der Waals surface area contributed by atoms with Gasteiger partial charge in [-0.15, -0.1) is 0 Å². The molecule has 29 heavy (non-hydrogen) atoms. The van der Waals surface area contributed by atoms with E-state index in [0.29, 0.717) is 0 Å². The predicted octanol–water partition coefficient (Wildman–Crippen LogP) is 9.78. The first-order chi connectivity index (χ1) is 14.0. The van der Waals surface area contributed by atoms with Crippen molar-refractivity contribution in [3.05, 3.63) is 35.4 Å². The van der Waals surface area contributed by atoms with Crippen LogP contribution in [-0.2, 0) is 6.42 Å². The maximum atomic E-state index is 2.42.